The van der Waals surface area contributed by atoms with Gasteiger partial charge in [-0.15, -0.1) is 0 Å². The number of carbonyl (C=O) groups excluding carboxylic acids is 2. The van der Waals surface area contributed by atoms with E-state index < -0.39 is 22.2 Å². The Morgan fingerprint density at radius 2 is 2.04 bits per heavy atom. The van der Waals surface area contributed by atoms with Gasteiger partial charge < -0.3 is 9.84 Å². The number of rotatable bonds is 5. The van der Waals surface area contributed by atoms with Crippen LogP contribution in [-0.2, 0) is 0 Å². The summed E-state index contributed by atoms with van der Waals surface area (Å²) in [6.45, 7) is 4.80. The summed E-state index contributed by atoms with van der Waals surface area (Å²) < 4.78 is 4.93. The molecule has 1 aromatic carbocycles. The maximum Gasteiger partial charge on any atom is 0.344 e. The van der Waals surface area contributed by atoms with Crippen LogP contribution in [0, 0.1) is 10.1 Å². The van der Waals surface area contributed by atoms with Crippen LogP contribution in [0.5, 0.6) is 0 Å². The van der Waals surface area contributed by atoms with E-state index in [1.54, 1.807) is 32.0 Å². The van der Waals surface area contributed by atoms with Gasteiger partial charge in [0.05, 0.1) is 4.92 Å². The highest BCUT2D eigenvalue weighted by Crippen LogP contribution is 2.30. The van der Waals surface area contributed by atoms with Crippen molar-refractivity contribution in [3.63, 3.8) is 0 Å². The molecule has 1 heterocycles. The molecule has 0 aliphatic heterocycles. The topological polar surface area (TPSA) is 115 Å². The number of carbonyl (C=O) groups is 2. The average molecular weight is 317 g/mol. The van der Waals surface area contributed by atoms with Crippen molar-refractivity contribution < 1.29 is 19.0 Å². The molecule has 1 aromatic heterocycles. The quantitative estimate of drug-likeness (QED) is 0.514. The van der Waals surface area contributed by atoms with Gasteiger partial charge in [0, 0.05) is 17.2 Å². The van der Waals surface area contributed by atoms with Crippen LogP contribution < -0.4 is 5.32 Å². The lowest BCUT2D eigenvalue weighted by atomic mass is 10.1. The number of ketones is 1. The molecule has 0 radical (unpaired) electrons. The Bertz CT molecular complexity index is 779. The standard InChI is InChI=1S/C15H15N3O5/c1-8(2)14-13(18(21)22)12(17-23-14)15(20)16-11-6-4-5-10(7-11)9(3)19/h4-8H,1-3H3,(H,16,20). The highest BCUT2D eigenvalue weighted by Gasteiger charge is 2.33. The molecule has 0 fully saturated rings. The van der Waals surface area contributed by atoms with Gasteiger partial charge in [-0.3, -0.25) is 19.7 Å². The van der Waals surface area contributed by atoms with E-state index in [1.165, 1.54) is 13.0 Å². The Morgan fingerprint density at radius 3 is 2.61 bits per heavy atom. The molecule has 23 heavy (non-hydrogen) atoms. The number of Topliss-reactive ketones (excluding diaryl/α,β-unsaturated/α-hetero) is 1. The summed E-state index contributed by atoms with van der Waals surface area (Å²) in [4.78, 5) is 34.1. The molecule has 0 saturated heterocycles. The van der Waals surface area contributed by atoms with E-state index in [9.17, 15) is 19.7 Å². The number of hydrogen-bond donors (Lipinski definition) is 1. The Labute approximate surface area is 131 Å². The predicted molar refractivity (Wildman–Crippen MR) is 81.6 cm³/mol. The molecule has 0 unspecified atom stereocenters. The van der Waals surface area contributed by atoms with Gasteiger partial charge in [0.2, 0.25) is 11.5 Å². The van der Waals surface area contributed by atoms with Crippen LogP contribution in [0.3, 0.4) is 0 Å². The lowest BCUT2D eigenvalue weighted by Gasteiger charge is -2.04. The van der Waals surface area contributed by atoms with Crippen molar-refractivity contribution in [3.05, 3.63) is 51.4 Å². The van der Waals surface area contributed by atoms with E-state index in [2.05, 4.69) is 10.5 Å². The van der Waals surface area contributed by atoms with Crippen molar-refractivity contribution in [1.29, 1.82) is 0 Å². The average Bonchev–Trinajstić information content (AvgIpc) is 2.92. The second-order valence-electron chi connectivity index (χ2n) is 5.25. The van der Waals surface area contributed by atoms with E-state index in [4.69, 9.17) is 4.52 Å². The minimum Gasteiger partial charge on any atom is -0.353 e. The first-order valence-electron chi connectivity index (χ1n) is 6.87. The first-order chi connectivity index (χ1) is 10.8. The minimum atomic E-state index is -0.770. The van der Waals surface area contributed by atoms with Crippen LogP contribution in [-0.4, -0.2) is 21.8 Å². The van der Waals surface area contributed by atoms with Crippen LogP contribution in [0.1, 0.15) is 53.3 Å². The van der Waals surface area contributed by atoms with Gasteiger partial charge in [0.1, 0.15) is 0 Å². The predicted octanol–water partition coefficient (Wildman–Crippen LogP) is 3.16. The van der Waals surface area contributed by atoms with E-state index in [0.29, 0.717) is 11.3 Å². The molecule has 8 nitrogen and oxygen atoms in total. The molecular weight excluding hydrogens is 302 g/mol. The fourth-order valence-electron chi connectivity index (χ4n) is 2.01. The molecule has 0 aliphatic carbocycles. The van der Waals surface area contributed by atoms with Gasteiger partial charge >= 0.3 is 5.69 Å². The third-order valence-electron chi connectivity index (χ3n) is 3.14. The summed E-state index contributed by atoms with van der Waals surface area (Å²) in [6, 6.07) is 6.26. The second kappa shape index (κ2) is 6.39. The van der Waals surface area contributed by atoms with Crippen molar-refractivity contribution in [2.45, 2.75) is 26.7 Å². The molecule has 0 atom stereocenters. The Kier molecular flexibility index (Phi) is 4.54. The zero-order chi connectivity index (χ0) is 17.1. The number of aromatic nitrogens is 1. The fraction of sp³-hybridized carbons (Fsp3) is 0.267. The van der Waals surface area contributed by atoms with Gasteiger partial charge in [-0.1, -0.05) is 31.1 Å². The van der Waals surface area contributed by atoms with Gasteiger partial charge in [0.15, 0.2) is 5.78 Å². The third-order valence-corrected chi connectivity index (χ3v) is 3.14. The largest absolute Gasteiger partial charge is 0.353 e. The van der Waals surface area contributed by atoms with Crippen molar-refractivity contribution in [1.82, 2.24) is 5.16 Å². The molecule has 0 spiro atoms. The van der Waals surface area contributed by atoms with E-state index in [1.807, 2.05) is 0 Å². The number of anilines is 1. The minimum absolute atomic E-state index is 0.0395. The lowest BCUT2D eigenvalue weighted by molar-refractivity contribution is -0.386. The summed E-state index contributed by atoms with van der Waals surface area (Å²) in [6.07, 6.45) is 0. The second-order valence-corrected chi connectivity index (χ2v) is 5.25. The summed E-state index contributed by atoms with van der Waals surface area (Å²) in [5.41, 5.74) is -0.0847. The van der Waals surface area contributed by atoms with Crippen LogP contribution >= 0.6 is 0 Å². The highest BCUT2D eigenvalue weighted by molar-refractivity contribution is 6.06. The molecule has 0 saturated carbocycles. The highest BCUT2D eigenvalue weighted by atomic mass is 16.6. The molecule has 2 aromatic rings. The Morgan fingerprint density at radius 1 is 1.35 bits per heavy atom. The molecular formula is C15H15N3O5. The van der Waals surface area contributed by atoms with E-state index in [0.717, 1.165) is 0 Å². The number of nitrogens with zero attached hydrogens (tertiary/aromatic N) is 2. The monoisotopic (exact) mass is 317 g/mol. The van der Waals surface area contributed by atoms with E-state index in [-0.39, 0.29) is 17.5 Å². The molecule has 8 heteroatoms. The summed E-state index contributed by atoms with van der Waals surface area (Å²) >= 11 is 0. The van der Waals surface area contributed by atoms with Crippen LogP contribution in [0.15, 0.2) is 28.8 Å². The SMILES string of the molecule is CC(=O)c1cccc(NC(=O)c2noc(C(C)C)c2[N+](=O)[O-])c1. The zero-order valence-electron chi connectivity index (χ0n) is 12.8. The molecule has 1 amide bonds. The first kappa shape index (κ1) is 16.3. The maximum atomic E-state index is 12.2. The zero-order valence-corrected chi connectivity index (χ0v) is 12.8. The van der Waals surface area contributed by atoms with Gasteiger partial charge in [-0.2, -0.15) is 0 Å². The summed E-state index contributed by atoms with van der Waals surface area (Å²) in [5, 5.41) is 17.2. The molecule has 120 valence electrons. The number of amides is 1. The van der Waals surface area contributed by atoms with Gasteiger partial charge in [-0.25, -0.2) is 0 Å². The molecule has 0 bridgehead atoms. The van der Waals surface area contributed by atoms with Gasteiger partial charge in [-0.05, 0) is 19.1 Å². The Balaban J connectivity index is 2.33. The van der Waals surface area contributed by atoms with Crippen molar-refractivity contribution >= 4 is 23.1 Å². The number of nitrogens with one attached hydrogen (secondary N) is 1. The number of benzene rings is 1. The van der Waals surface area contributed by atoms with Gasteiger partial charge in [0.25, 0.3) is 5.91 Å². The van der Waals surface area contributed by atoms with Crippen molar-refractivity contribution in [2.24, 2.45) is 0 Å². The van der Waals surface area contributed by atoms with Crippen molar-refractivity contribution in [3.8, 4) is 0 Å². The van der Waals surface area contributed by atoms with Crippen molar-refractivity contribution in [2.75, 3.05) is 5.32 Å². The Hall–Kier alpha value is -3.03. The number of hydrogen-bond acceptors (Lipinski definition) is 6. The fourth-order valence-corrected chi connectivity index (χ4v) is 2.01. The molecule has 1 N–H and O–H groups in total. The van der Waals surface area contributed by atoms with Crippen LogP contribution in [0.2, 0.25) is 0 Å². The smallest absolute Gasteiger partial charge is 0.344 e. The normalized spacial score (nSPS) is 10.6. The lowest BCUT2D eigenvalue weighted by Crippen LogP contribution is -2.14. The molecule has 0 aliphatic rings. The number of nitro groups is 1. The van der Waals surface area contributed by atoms with Crippen LogP contribution in [0.25, 0.3) is 0 Å². The van der Waals surface area contributed by atoms with E-state index >= 15 is 0 Å². The van der Waals surface area contributed by atoms with Crippen LogP contribution in [0.4, 0.5) is 11.4 Å². The first-order valence-corrected chi connectivity index (χ1v) is 6.87. The third kappa shape index (κ3) is 3.42. The molecule has 2 rings (SSSR count). The maximum absolute atomic E-state index is 12.2. The summed E-state index contributed by atoms with van der Waals surface area (Å²) in [5.74, 6) is -1.17. The summed E-state index contributed by atoms with van der Waals surface area (Å²) in [7, 11) is 0.